The number of benzene rings is 1. The Labute approximate surface area is 147 Å². The summed E-state index contributed by atoms with van der Waals surface area (Å²) in [5.41, 5.74) is 5.01. The maximum absolute atomic E-state index is 14.7. The maximum Gasteiger partial charge on any atom is 0.237 e. The van der Waals surface area contributed by atoms with E-state index in [1.54, 1.807) is 40.0 Å². The smallest absolute Gasteiger partial charge is 0.237 e. The molecule has 25 heavy (non-hydrogen) atoms. The first-order chi connectivity index (χ1) is 11.7. The van der Waals surface area contributed by atoms with Gasteiger partial charge in [-0.15, -0.1) is 0 Å². The number of aliphatic imine (C=N–C) groups is 1. The zero-order valence-electron chi connectivity index (χ0n) is 15.1. The third kappa shape index (κ3) is 2.76. The van der Waals surface area contributed by atoms with Gasteiger partial charge in [-0.2, -0.15) is 0 Å². The van der Waals surface area contributed by atoms with E-state index < -0.39 is 16.8 Å². The summed E-state index contributed by atoms with van der Waals surface area (Å²) in [6.07, 6.45) is 0.907. The van der Waals surface area contributed by atoms with Gasteiger partial charge in [0.1, 0.15) is 11.4 Å². The first-order valence-electron chi connectivity index (χ1n) is 8.44. The van der Waals surface area contributed by atoms with Gasteiger partial charge in [-0.1, -0.05) is 0 Å². The molecule has 2 aliphatic rings. The van der Waals surface area contributed by atoms with Crippen LogP contribution in [-0.2, 0) is 15.1 Å². The van der Waals surface area contributed by atoms with E-state index in [0.29, 0.717) is 12.2 Å². The van der Waals surface area contributed by atoms with Gasteiger partial charge in [0.2, 0.25) is 5.91 Å². The number of nitrogens with two attached hydrogens (primary N) is 1. The van der Waals surface area contributed by atoms with E-state index in [0.717, 1.165) is 18.7 Å². The predicted octanol–water partition coefficient (Wildman–Crippen LogP) is 2.05. The van der Waals surface area contributed by atoms with Crippen LogP contribution >= 0.6 is 0 Å². The van der Waals surface area contributed by atoms with Crippen LogP contribution in [0.5, 0.6) is 0 Å². The highest BCUT2D eigenvalue weighted by atomic mass is 19.1. The number of nitrogens with zero attached hydrogens (tertiary/aromatic N) is 2. The number of carbonyl (C=O) groups excluding carboxylic acids is 1. The Hall–Kier alpha value is -2.15. The van der Waals surface area contributed by atoms with Crippen LogP contribution in [0.15, 0.2) is 23.2 Å². The maximum atomic E-state index is 14.7. The molecule has 0 radical (unpaired) electrons. The molecule has 3 N–H and O–H groups in total. The van der Waals surface area contributed by atoms with Crippen LogP contribution in [0.25, 0.3) is 0 Å². The normalized spacial score (nSPS) is 28.8. The Morgan fingerprint density at radius 3 is 2.76 bits per heavy atom. The molecule has 1 fully saturated rings. The molecule has 2 heterocycles. The second-order valence-corrected chi connectivity index (χ2v) is 7.43. The lowest BCUT2D eigenvalue weighted by Crippen LogP contribution is -2.58. The van der Waals surface area contributed by atoms with Gasteiger partial charge < -0.3 is 15.8 Å². The molecule has 1 unspecified atom stereocenters. The first kappa shape index (κ1) is 17.7. The van der Waals surface area contributed by atoms with Crippen molar-refractivity contribution in [2.24, 2.45) is 16.1 Å². The second-order valence-electron chi connectivity index (χ2n) is 7.43. The molecule has 1 aromatic carbocycles. The van der Waals surface area contributed by atoms with Crippen molar-refractivity contribution in [1.29, 1.82) is 0 Å². The number of hydrogen-bond acceptors (Lipinski definition) is 5. The van der Waals surface area contributed by atoms with Crippen LogP contribution < -0.4 is 11.1 Å². The van der Waals surface area contributed by atoms with Crippen molar-refractivity contribution in [3.63, 3.8) is 0 Å². The summed E-state index contributed by atoms with van der Waals surface area (Å²) < 4.78 is 20.1. The molecule has 0 spiro atoms. The average molecular weight is 348 g/mol. The Morgan fingerprint density at radius 2 is 2.12 bits per heavy atom. The van der Waals surface area contributed by atoms with Crippen LogP contribution in [0.4, 0.5) is 10.1 Å². The lowest BCUT2D eigenvalue weighted by Gasteiger charge is -2.46. The third-order valence-electron chi connectivity index (χ3n) is 5.53. The number of halogens is 1. The number of nitrogens with one attached hydrogen (secondary N) is 1. The zero-order chi connectivity index (χ0) is 18.4. The molecule has 3 rings (SSSR count). The van der Waals surface area contributed by atoms with Crippen LogP contribution in [0.3, 0.4) is 0 Å². The van der Waals surface area contributed by atoms with Gasteiger partial charge in [0.05, 0.1) is 18.1 Å². The summed E-state index contributed by atoms with van der Waals surface area (Å²) in [4.78, 5) is 18.6. The summed E-state index contributed by atoms with van der Waals surface area (Å²) in [5, 5.41) is 3.36. The Balaban J connectivity index is 2.05. The third-order valence-corrected chi connectivity index (χ3v) is 5.53. The fraction of sp³-hybridized carbons (Fsp3) is 0.556. The van der Waals surface area contributed by atoms with Gasteiger partial charge in [-0.05, 0) is 45.4 Å². The van der Waals surface area contributed by atoms with E-state index in [-0.39, 0.29) is 17.9 Å². The molecule has 1 saturated heterocycles. The van der Waals surface area contributed by atoms with Crippen LogP contribution in [-0.4, -0.2) is 43.1 Å². The largest absolute Gasteiger partial charge is 0.380 e. The Morgan fingerprint density at radius 1 is 1.40 bits per heavy atom. The van der Waals surface area contributed by atoms with Crippen molar-refractivity contribution in [2.45, 2.75) is 38.8 Å². The number of carbonyl (C=O) groups is 1. The number of guanidine groups is 1. The molecule has 6 nitrogen and oxygen atoms in total. The van der Waals surface area contributed by atoms with Crippen molar-refractivity contribution in [1.82, 2.24) is 4.90 Å². The summed E-state index contributed by atoms with van der Waals surface area (Å²) in [5.74, 6) is -0.504. The molecule has 0 saturated carbocycles. The van der Waals surface area contributed by atoms with Gasteiger partial charge >= 0.3 is 0 Å². The van der Waals surface area contributed by atoms with Crippen LogP contribution in [0, 0.1) is 11.2 Å². The fourth-order valence-electron chi connectivity index (χ4n) is 3.44. The first-order valence-corrected chi connectivity index (χ1v) is 8.44. The molecule has 2 atom stereocenters. The summed E-state index contributed by atoms with van der Waals surface area (Å²) in [6, 6.07) is 5.03. The van der Waals surface area contributed by atoms with Gasteiger partial charge in [-0.25, -0.2) is 9.38 Å². The molecule has 7 heteroatoms. The highest BCUT2D eigenvalue weighted by Crippen LogP contribution is 2.47. The highest BCUT2D eigenvalue weighted by Gasteiger charge is 2.53. The molecule has 0 aromatic heterocycles. The molecule has 0 aliphatic carbocycles. The second kappa shape index (κ2) is 5.98. The van der Waals surface area contributed by atoms with Gasteiger partial charge in [-0.3, -0.25) is 9.69 Å². The van der Waals surface area contributed by atoms with E-state index in [9.17, 15) is 9.18 Å². The number of rotatable bonds is 3. The Bertz CT molecular complexity index is 728. The SMILES string of the molecule is CN1C(=O)C(C)(C)[C@@](C)(c2cc(NC3CCOC3)ccc2F)N=C1N. The molecule has 0 bridgehead atoms. The van der Waals surface area contributed by atoms with E-state index >= 15 is 0 Å². The number of hydrogen-bond donors (Lipinski definition) is 2. The van der Waals surface area contributed by atoms with Crippen molar-refractivity contribution in [3.8, 4) is 0 Å². The molecular weight excluding hydrogens is 323 g/mol. The van der Waals surface area contributed by atoms with Crippen molar-refractivity contribution < 1.29 is 13.9 Å². The van der Waals surface area contributed by atoms with Gasteiger partial charge in [0, 0.05) is 24.9 Å². The van der Waals surface area contributed by atoms with Crippen LogP contribution in [0.1, 0.15) is 32.8 Å². The summed E-state index contributed by atoms with van der Waals surface area (Å²) >= 11 is 0. The average Bonchev–Trinajstić information content (AvgIpc) is 3.06. The lowest BCUT2D eigenvalue weighted by atomic mass is 9.67. The van der Waals surface area contributed by atoms with E-state index in [1.807, 2.05) is 0 Å². The standard InChI is InChI=1S/C18H25FN4O2/c1-17(2)15(24)23(4)16(20)22-18(17,3)13-9-11(5-6-14(13)19)21-12-7-8-25-10-12/h5-6,9,12,21H,7-8,10H2,1-4H3,(H2,20,22)/t12?,18-/m1/s1. The minimum atomic E-state index is -1.10. The monoisotopic (exact) mass is 348 g/mol. The minimum Gasteiger partial charge on any atom is -0.380 e. The number of amides is 1. The van der Waals surface area contributed by atoms with Crippen LogP contribution in [0.2, 0.25) is 0 Å². The summed E-state index contributed by atoms with van der Waals surface area (Å²) in [6.45, 7) is 6.64. The van der Waals surface area contributed by atoms with Crippen molar-refractivity contribution in [3.05, 3.63) is 29.6 Å². The minimum absolute atomic E-state index is 0.0915. The quantitative estimate of drug-likeness (QED) is 0.876. The highest BCUT2D eigenvalue weighted by molar-refractivity contribution is 6.01. The van der Waals surface area contributed by atoms with Crippen molar-refractivity contribution in [2.75, 3.05) is 25.6 Å². The van der Waals surface area contributed by atoms with E-state index in [2.05, 4.69) is 10.3 Å². The summed E-state index contributed by atoms with van der Waals surface area (Å²) in [7, 11) is 1.58. The number of ether oxygens (including phenoxy) is 1. The van der Waals surface area contributed by atoms with Crippen molar-refractivity contribution >= 4 is 17.6 Å². The lowest BCUT2D eigenvalue weighted by molar-refractivity contribution is -0.140. The molecule has 2 aliphatic heterocycles. The number of anilines is 1. The fourth-order valence-corrected chi connectivity index (χ4v) is 3.44. The molecular formula is C18H25FN4O2. The van der Waals surface area contributed by atoms with E-state index in [4.69, 9.17) is 10.5 Å². The molecule has 136 valence electrons. The Kier molecular flexibility index (Phi) is 4.23. The molecule has 1 aromatic rings. The predicted molar refractivity (Wildman–Crippen MR) is 94.8 cm³/mol. The topological polar surface area (TPSA) is 80.0 Å². The molecule has 1 amide bonds. The zero-order valence-corrected chi connectivity index (χ0v) is 15.1. The van der Waals surface area contributed by atoms with E-state index in [1.165, 1.54) is 11.0 Å². The van der Waals surface area contributed by atoms with Gasteiger partial charge in [0.25, 0.3) is 0 Å². The van der Waals surface area contributed by atoms with Gasteiger partial charge in [0.15, 0.2) is 5.96 Å².